The monoisotopic (exact) mass is 261 g/mol. The molecule has 0 unspecified atom stereocenters. The molecule has 0 fully saturated rings. The Morgan fingerprint density at radius 2 is 2.11 bits per heavy atom. The first-order valence-corrected chi connectivity index (χ1v) is 6.99. The Hall–Kier alpha value is -1.35. The number of carbonyl (C=O) groups excluding carboxylic acids is 1. The highest BCUT2D eigenvalue weighted by atomic mass is 32.1. The van der Waals surface area contributed by atoms with Crippen molar-refractivity contribution in [3.63, 3.8) is 0 Å². The number of carbonyl (C=O) groups is 1. The molecule has 2 nitrogen and oxygen atoms in total. The quantitative estimate of drug-likeness (QED) is 0.764. The summed E-state index contributed by atoms with van der Waals surface area (Å²) in [4.78, 5) is 12.4. The highest BCUT2D eigenvalue weighted by molar-refractivity contribution is 7.10. The molecule has 2 aromatic rings. The lowest BCUT2D eigenvalue weighted by Crippen LogP contribution is -2.24. The summed E-state index contributed by atoms with van der Waals surface area (Å²) in [5.41, 5.74) is 3.10. The van der Waals surface area contributed by atoms with Crippen LogP contribution in [0.25, 0.3) is 0 Å². The van der Waals surface area contributed by atoms with Crippen molar-refractivity contribution in [1.29, 1.82) is 0 Å². The molecule has 2 rings (SSSR count). The first-order chi connectivity index (χ1) is 8.45. The molecular weight excluding hydrogens is 242 g/mol. The highest BCUT2D eigenvalue weighted by Gasteiger charge is 2.24. The van der Waals surface area contributed by atoms with Crippen molar-refractivity contribution in [2.45, 2.75) is 39.7 Å². The Balaban J connectivity index is 2.35. The zero-order valence-electron chi connectivity index (χ0n) is 11.4. The van der Waals surface area contributed by atoms with Gasteiger partial charge in [-0.2, -0.15) is 0 Å². The van der Waals surface area contributed by atoms with Crippen LogP contribution in [0, 0.1) is 13.8 Å². The second kappa shape index (κ2) is 4.73. The number of nitrogens with zero attached hydrogens (tertiary/aromatic N) is 1. The molecule has 0 radical (unpaired) electrons. The smallest absolute Gasteiger partial charge is 0.151 e. The minimum atomic E-state index is 0.0862. The van der Waals surface area contributed by atoms with E-state index in [0.717, 1.165) is 29.8 Å². The summed E-state index contributed by atoms with van der Waals surface area (Å²) in [7, 11) is 0. The molecule has 0 aliphatic heterocycles. The number of hydrogen-bond acceptors (Lipinski definition) is 2. The summed E-state index contributed by atoms with van der Waals surface area (Å²) >= 11 is 1.79. The molecule has 18 heavy (non-hydrogen) atoms. The Kier molecular flexibility index (Phi) is 3.44. The molecule has 2 heterocycles. The molecule has 0 aliphatic carbocycles. The maximum atomic E-state index is 11.0. The van der Waals surface area contributed by atoms with Gasteiger partial charge >= 0.3 is 0 Å². The third-order valence-electron chi connectivity index (χ3n) is 3.48. The molecule has 0 amide bonds. The Morgan fingerprint density at radius 3 is 2.61 bits per heavy atom. The lowest BCUT2D eigenvalue weighted by Gasteiger charge is -2.26. The van der Waals surface area contributed by atoms with Gasteiger partial charge in [-0.3, -0.25) is 4.79 Å². The van der Waals surface area contributed by atoms with Crippen LogP contribution in [0.2, 0.25) is 0 Å². The predicted molar refractivity (Wildman–Crippen MR) is 76.6 cm³/mol. The van der Waals surface area contributed by atoms with E-state index in [9.17, 15) is 4.79 Å². The number of hydrogen-bond donors (Lipinski definition) is 0. The Bertz CT molecular complexity index is 549. The summed E-state index contributed by atoms with van der Waals surface area (Å²) in [6.45, 7) is 9.47. The van der Waals surface area contributed by atoms with Crippen LogP contribution in [0.15, 0.2) is 23.6 Å². The van der Waals surface area contributed by atoms with E-state index in [-0.39, 0.29) is 5.41 Å². The van der Waals surface area contributed by atoms with Crippen LogP contribution in [-0.2, 0) is 12.0 Å². The molecule has 0 atom stereocenters. The SMILES string of the molecule is Cc1cc(C=O)c(C)n1CC(C)(C)c1cccs1. The van der Waals surface area contributed by atoms with Gasteiger partial charge in [0.1, 0.15) is 0 Å². The molecule has 0 N–H and O–H groups in total. The van der Waals surface area contributed by atoms with E-state index in [1.807, 2.05) is 13.0 Å². The third kappa shape index (κ3) is 2.27. The minimum Gasteiger partial charge on any atom is -0.348 e. The van der Waals surface area contributed by atoms with Crippen molar-refractivity contribution in [2.24, 2.45) is 0 Å². The van der Waals surface area contributed by atoms with Crippen LogP contribution in [0.1, 0.15) is 40.5 Å². The fraction of sp³-hybridized carbons (Fsp3) is 0.400. The lowest BCUT2D eigenvalue weighted by atomic mass is 9.91. The largest absolute Gasteiger partial charge is 0.348 e. The summed E-state index contributed by atoms with van der Waals surface area (Å²) in [5.74, 6) is 0. The maximum Gasteiger partial charge on any atom is 0.151 e. The van der Waals surface area contributed by atoms with Gasteiger partial charge in [-0.1, -0.05) is 19.9 Å². The average molecular weight is 261 g/mol. The lowest BCUT2D eigenvalue weighted by molar-refractivity contribution is 0.112. The van der Waals surface area contributed by atoms with E-state index in [0.29, 0.717) is 0 Å². The molecule has 0 spiro atoms. The summed E-state index contributed by atoms with van der Waals surface area (Å²) in [5, 5.41) is 2.11. The molecule has 2 aromatic heterocycles. The second-order valence-electron chi connectivity index (χ2n) is 5.39. The molecule has 3 heteroatoms. The average Bonchev–Trinajstić information content (AvgIpc) is 2.93. The van der Waals surface area contributed by atoms with E-state index in [1.165, 1.54) is 4.88 Å². The number of thiophene rings is 1. The number of aryl methyl sites for hydroxylation is 1. The molecule has 0 aromatic carbocycles. The molecule has 0 aliphatic rings. The normalized spacial score (nSPS) is 11.8. The van der Waals surface area contributed by atoms with Gasteiger partial charge in [-0.15, -0.1) is 11.3 Å². The fourth-order valence-corrected chi connectivity index (χ4v) is 3.17. The van der Waals surface area contributed by atoms with Gasteiger partial charge in [0, 0.05) is 33.8 Å². The second-order valence-corrected chi connectivity index (χ2v) is 6.34. The van der Waals surface area contributed by atoms with Gasteiger partial charge in [-0.05, 0) is 31.4 Å². The van der Waals surface area contributed by atoms with Crippen molar-refractivity contribution in [3.8, 4) is 0 Å². The topological polar surface area (TPSA) is 22.0 Å². The van der Waals surface area contributed by atoms with Crippen molar-refractivity contribution in [3.05, 3.63) is 45.4 Å². The first kappa shape index (κ1) is 13.1. The predicted octanol–water partition coefficient (Wildman–Crippen LogP) is 3.96. The standard InChI is InChI=1S/C15H19NOS/c1-11-8-13(9-17)12(2)16(11)10-15(3,4)14-6-5-7-18-14/h5-9H,10H2,1-4H3. The zero-order valence-corrected chi connectivity index (χ0v) is 12.2. The molecular formula is C15H19NOS. The van der Waals surface area contributed by atoms with E-state index in [1.54, 1.807) is 11.3 Å². The molecule has 0 bridgehead atoms. The summed E-state index contributed by atoms with van der Waals surface area (Å²) in [6.07, 6.45) is 0.941. The van der Waals surface area contributed by atoms with E-state index < -0.39 is 0 Å². The molecule has 0 saturated carbocycles. The van der Waals surface area contributed by atoms with Crippen LogP contribution in [0.3, 0.4) is 0 Å². The minimum absolute atomic E-state index is 0.0862. The van der Waals surface area contributed by atoms with Crippen molar-refractivity contribution < 1.29 is 4.79 Å². The summed E-state index contributed by atoms with van der Waals surface area (Å²) < 4.78 is 2.24. The van der Waals surface area contributed by atoms with Gasteiger partial charge < -0.3 is 4.57 Å². The maximum absolute atomic E-state index is 11.0. The van der Waals surface area contributed by atoms with Crippen molar-refractivity contribution >= 4 is 17.6 Å². The Labute approximate surface area is 112 Å². The number of rotatable bonds is 4. The fourth-order valence-electron chi connectivity index (χ4n) is 2.33. The van der Waals surface area contributed by atoms with Crippen LogP contribution in [-0.4, -0.2) is 10.9 Å². The van der Waals surface area contributed by atoms with Gasteiger partial charge in [-0.25, -0.2) is 0 Å². The summed E-state index contributed by atoms with van der Waals surface area (Å²) in [6, 6.07) is 6.24. The van der Waals surface area contributed by atoms with Crippen LogP contribution >= 0.6 is 11.3 Å². The number of aromatic nitrogens is 1. The zero-order chi connectivity index (χ0) is 13.3. The molecule has 96 valence electrons. The van der Waals surface area contributed by atoms with E-state index >= 15 is 0 Å². The van der Waals surface area contributed by atoms with Crippen LogP contribution < -0.4 is 0 Å². The van der Waals surface area contributed by atoms with Crippen molar-refractivity contribution in [1.82, 2.24) is 4.57 Å². The third-order valence-corrected chi connectivity index (χ3v) is 4.72. The van der Waals surface area contributed by atoms with Gasteiger partial charge in [0.15, 0.2) is 6.29 Å². The van der Waals surface area contributed by atoms with Gasteiger partial charge in [0.25, 0.3) is 0 Å². The van der Waals surface area contributed by atoms with Crippen molar-refractivity contribution in [2.75, 3.05) is 0 Å². The van der Waals surface area contributed by atoms with Gasteiger partial charge in [0.05, 0.1) is 0 Å². The Morgan fingerprint density at radius 1 is 1.39 bits per heavy atom. The van der Waals surface area contributed by atoms with Crippen LogP contribution in [0.4, 0.5) is 0 Å². The molecule has 0 saturated heterocycles. The van der Waals surface area contributed by atoms with E-state index in [4.69, 9.17) is 0 Å². The van der Waals surface area contributed by atoms with E-state index in [2.05, 4.69) is 42.9 Å². The first-order valence-electron chi connectivity index (χ1n) is 6.11. The van der Waals surface area contributed by atoms with Crippen LogP contribution in [0.5, 0.6) is 0 Å². The highest BCUT2D eigenvalue weighted by Crippen LogP contribution is 2.30. The van der Waals surface area contributed by atoms with Gasteiger partial charge in [0.2, 0.25) is 0 Å². The number of aldehydes is 1.